The van der Waals surface area contributed by atoms with Crippen LogP contribution in [0.5, 0.6) is 0 Å². The lowest BCUT2D eigenvalue weighted by Gasteiger charge is -2.21. The first-order chi connectivity index (χ1) is 16.4. The van der Waals surface area contributed by atoms with Gasteiger partial charge in [-0.05, 0) is 72.5 Å². The van der Waals surface area contributed by atoms with Gasteiger partial charge in [0.05, 0.1) is 0 Å². The fourth-order valence-corrected chi connectivity index (χ4v) is 4.45. The van der Waals surface area contributed by atoms with Gasteiger partial charge in [0.25, 0.3) is 0 Å². The van der Waals surface area contributed by atoms with Gasteiger partial charge in [0.1, 0.15) is 0 Å². The van der Waals surface area contributed by atoms with E-state index in [0.717, 1.165) is 40.6 Å². The Morgan fingerprint density at radius 1 is 0.912 bits per heavy atom. The molecule has 3 aromatic carbocycles. The minimum atomic E-state index is 0.0283. The summed E-state index contributed by atoms with van der Waals surface area (Å²) in [4.78, 5) is 4.18. The molecule has 4 rings (SSSR count). The molecule has 3 N–H and O–H groups in total. The van der Waals surface area contributed by atoms with Crippen LogP contribution in [0, 0.1) is 13.8 Å². The van der Waals surface area contributed by atoms with E-state index in [0.29, 0.717) is 6.54 Å². The van der Waals surface area contributed by atoms with Crippen LogP contribution in [0.15, 0.2) is 104 Å². The quantitative estimate of drug-likeness (QED) is 0.276. The van der Waals surface area contributed by atoms with Gasteiger partial charge in [-0.3, -0.25) is 4.98 Å². The number of pyridine rings is 1. The van der Waals surface area contributed by atoms with E-state index >= 15 is 0 Å². The second kappa shape index (κ2) is 10.5. The Morgan fingerprint density at radius 3 is 2.44 bits per heavy atom. The average molecular weight is 448 g/mol. The smallest absolute Gasteiger partial charge is 0.0388 e. The Labute approximate surface area is 203 Å². The minimum Gasteiger partial charge on any atom is -0.359 e. The van der Waals surface area contributed by atoms with E-state index in [2.05, 4.69) is 91.9 Å². The third-order valence-corrected chi connectivity index (χ3v) is 6.38. The molecule has 172 valence electrons. The van der Waals surface area contributed by atoms with Gasteiger partial charge in [-0.1, -0.05) is 72.8 Å². The van der Waals surface area contributed by atoms with E-state index in [1.54, 1.807) is 0 Å². The predicted molar refractivity (Wildman–Crippen MR) is 145 cm³/mol. The Hall–Kier alpha value is -3.69. The number of hydrogen-bond donors (Lipinski definition) is 2. The first-order valence-corrected chi connectivity index (χ1v) is 11.7. The van der Waals surface area contributed by atoms with Crippen molar-refractivity contribution in [1.82, 2.24) is 4.98 Å². The van der Waals surface area contributed by atoms with Crippen LogP contribution in [-0.2, 0) is 12.8 Å². The molecule has 0 spiro atoms. The highest BCUT2D eigenvalue weighted by atomic mass is 14.9. The van der Waals surface area contributed by atoms with Crippen molar-refractivity contribution < 1.29 is 0 Å². The van der Waals surface area contributed by atoms with Crippen molar-refractivity contribution in [1.29, 1.82) is 0 Å². The fourth-order valence-electron chi connectivity index (χ4n) is 4.45. The molecule has 0 aliphatic rings. The zero-order valence-electron chi connectivity index (χ0n) is 20.1. The molecular weight excluding hydrogens is 414 g/mol. The van der Waals surface area contributed by atoms with Gasteiger partial charge >= 0.3 is 0 Å². The number of fused-ring (bicyclic) bond motifs is 1. The normalized spacial score (nSPS) is 11.9. The Balaban J connectivity index is 1.40. The van der Waals surface area contributed by atoms with Crippen LogP contribution in [0.1, 0.15) is 33.7 Å². The third-order valence-electron chi connectivity index (χ3n) is 6.38. The highest BCUT2D eigenvalue weighted by molar-refractivity contribution is 5.85. The maximum Gasteiger partial charge on any atom is 0.0388 e. The van der Waals surface area contributed by atoms with Crippen LogP contribution < -0.4 is 11.1 Å². The lowest BCUT2D eigenvalue weighted by atomic mass is 9.92. The van der Waals surface area contributed by atoms with Crippen LogP contribution in [0.3, 0.4) is 0 Å². The highest BCUT2D eigenvalue weighted by Crippen LogP contribution is 2.27. The van der Waals surface area contributed by atoms with Crippen molar-refractivity contribution in [2.75, 3.05) is 11.9 Å². The molecular formula is C31H33N3. The molecule has 1 heterocycles. The minimum absolute atomic E-state index is 0.0283. The van der Waals surface area contributed by atoms with Crippen LogP contribution in [-0.4, -0.2) is 11.5 Å². The number of nitrogens with two attached hydrogens (primary N) is 1. The molecule has 0 amide bonds. The summed E-state index contributed by atoms with van der Waals surface area (Å²) >= 11 is 0. The van der Waals surface area contributed by atoms with Gasteiger partial charge in [-0.25, -0.2) is 0 Å². The highest BCUT2D eigenvalue weighted by Gasteiger charge is 2.14. The van der Waals surface area contributed by atoms with E-state index in [1.807, 2.05) is 24.5 Å². The van der Waals surface area contributed by atoms with E-state index in [4.69, 9.17) is 5.73 Å². The van der Waals surface area contributed by atoms with Crippen LogP contribution in [0.25, 0.3) is 10.8 Å². The molecule has 0 saturated carbocycles. The molecule has 4 aromatic rings. The van der Waals surface area contributed by atoms with Crippen LogP contribution in [0.4, 0.5) is 5.69 Å². The van der Waals surface area contributed by atoms with E-state index < -0.39 is 0 Å². The molecule has 3 nitrogen and oxygen atoms in total. The Morgan fingerprint density at radius 2 is 1.71 bits per heavy atom. The largest absolute Gasteiger partial charge is 0.359 e. The van der Waals surface area contributed by atoms with Crippen LogP contribution in [0.2, 0.25) is 0 Å². The Bertz CT molecular complexity index is 1320. The number of hydrogen-bond acceptors (Lipinski definition) is 3. The number of benzene rings is 3. The van der Waals surface area contributed by atoms with Gasteiger partial charge in [0.2, 0.25) is 0 Å². The summed E-state index contributed by atoms with van der Waals surface area (Å²) < 4.78 is 0. The summed E-state index contributed by atoms with van der Waals surface area (Å²) in [7, 11) is 0. The molecule has 0 bridgehead atoms. The van der Waals surface area contributed by atoms with E-state index in [9.17, 15) is 0 Å². The maximum absolute atomic E-state index is 6.16. The summed E-state index contributed by atoms with van der Waals surface area (Å²) in [5.74, 6) is 0.0283. The number of aryl methyl sites for hydroxylation is 2. The average Bonchev–Trinajstić information content (AvgIpc) is 2.82. The van der Waals surface area contributed by atoms with Crippen LogP contribution >= 0.6 is 0 Å². The van der Waals surface area contributed by atoms with Crippen molar-refractivity contribution in [2.24, 2.45) is 5.73 Å². The molecule has 0 saturated heterocycles. The zero-order valence-corrected chi connectivity index (χ0v) is 20.1. The molecule has 1 aromatic heterocycles. The van der Waals surface area contributed by atoms with Gasteiger partial charge < -0.3 is 11.1 Å². The van der Waals surface area contributed by atoms with E-state index in [1.165, 1.54) is 27.8 Å². The summed E-state index contributed by atoms with van der Waals surface area (Å²) in [5, 5.41) is 5.71. The summed E-state index contributed by atoms with van der Waals surface area (Å²) in [6.45, 7) is 13.4. The third kappa shape index (κ3) is 5.62. The maximum atomic E-state index is 6.16. The molecule has 0 radical (unpaired) electrons. The van der Waals surface area contributed by atoms with Crippen molar-refractivity contribution >= 4 is 16.5 Å². The van der Waals surface area contributed by atoms with Crippen molar-refractivity contribution in [3.8, 4) is 0 Å². The second-order valence-electron chi connectivity index (χ2n) is 9.15. The van der Waals surface area contributed by atoms with Gasteiger partial charge in [0, 0.05) is 41.6 Å². The van der Waals surface area contributed by atoms with Crippen molar-refractivity contribution in [3.63, 3.8) is 0 Å². The molecule has 0 aliphatic heterocycles. The lowest BCUT2D eigenvalue weighted by molar-refractivity contribution is 0.806. The number of allylic oxidation sites excluding steroid dienone is 1. The summed E-state index contributed by atoms with van der Waals surface area (Å²) in [5.41, 5.74) is 15.7. The van der Waals surface area contributed by atoms with Crippen molar-refractivity contribution in [2.45, 2.75) is 32.6 Å². The summed E-state index contributed by atoms with van der Waals surface area (Å²) in [6, 6.07) is 23.6. The lowest BCUT2D eigenvalue weighted by Crippen LogP contribution is -2.18. The number of nitrogens with one attached hydrogen (secondary N) is 1. The number of rotatable bonds is 9. The van der Waals surface area contributed by atoms with Gasteiger partial charge in [-0.2, -0.15) is 0 Å². The first kappa shape index (κ1) is 23.5. The zero-order chi connectivity index (χ0) is 24.1. The number of anilines is 1. The molecule has 0 fully saturated rings. The van der Waals surface area contributed by atoms with Gasteiger partial charge in [-0.15, -0.1) is 0 Å². The molecule has 3 heteroatoms. The number of nitrogens with zero attached hydrogens (tertiary/aromatic N) is 1. The topological polar surface area (TPSA) is 50.9 Å². The van der Waals surface area contributed by atoms with E-state index in [-0.39, 0.29) is 5.92 Å². The summed E-state index contributed by atoms with van der Waals surface area (Å²) in [6.07, 6.45) is 5.45. The standard InChI is InChI=1S/C31H33N3/c1-21-5-8-27(23(3)15-21)17-22(2)16-25-6-9-26(10-7-25)31(19-32)24(4)34-30-12-11-29-20-33-14-13-28(29)18-30/h5-15,18,20,31,34H,2,4,16-17,19,32H2,1,3H3. The molecule has 1 atom stereocenters. The fraction of sp³-hybridized carbons (Fsp3) is 0.194. The first-order valence-electron chi connectivity index (χ1n) is 11.7. The van der Waals surface area contributed by atoms with Gasteiger partial charge in [0.15, 0.2) is 0 Å². The second-order valence-corrected chi connectivity index (χ2v) is 9.15. The monoisotopic (exact) mass is 447 g/mol. The number of aromatic nitrogens is 1. The molecule has 0 aliphatic carbocycles. The predicted octanol–water partition coefficient (Wildman–Crippen LogP) is 6.86. The van der Waals surface area contributed by atoms with Crippen molar-refractivity contribution in [3.05, 3.63) is 131 Å². The Kier molecular flexibility index (Phi) is 7.24. The molecule has 34 heavy (non-hydrogen) atoms. The SMILES string of the molecule is C=C(Cc1ccc(C(CN)C(=C)Nc2ccc3cnccc3c2)cc1)Cc1ccc(C)cc1C. The molecule has 1 unspecified atom stereocenters.